The quantitative estimate of drug-likeness (QED) is 0.709. The van der Waals surface area contributed by atoms with Crippen molar-refractivity contribution in [2.24, 2.45) is 0 Å². The molecule has 0 aliphatic carbocycles. The zero-order valence-corrected chi connectivity index (χ0v) is 17.3. The second-order valence-electron chi connectivity index (χ2n) is 6.86. The number of aryl methyl sites for hydroxylation is 1. The molecule has 0 saturated heterocycles. The van der Waals surface area contributed by atoms with E-state index in [4.69, 9.17) is 0 Å². The Morgan fingerprint density at radius 3 is 2.68 bits per heavy atom. The molecule has 1 amide bonds. The van der Waals surface area contributed by atoms with Gasteiger partial charge in [-0.05, 0) is 43.0 Å². The van der Waals surface area contributed by atoms with E-state index in [-0.39, 0.29) is 18.2 Å². The summed E-state index contributed by atoms with van der Waals surface area (Å²) in [5, 5.41) is 3.34. The number of thiazole rings is 1. The standard InChI is InChI=1S/C20H21N3O3S2/c1-3-28(25,26)23-12-15-9-5-4-8-14(15)11-16(23)19(24)22-20-21-18-13(2)7-6-10-17(18)27-20/h4-10,16H,3,11-12H2,1-2H3,(H,21,22,24)/t16-/m0/s1. The molecule has 0 saturated carbocycles. The van der Waals surface area contributed by atoms with Gasteiger partial charge >= 0.3 is 0 Å². The topological polar surface area (TPSA) is 79.4 Å². The number of hydrogen-bond donors (Lipinski definition) is 1. The van der Waals surface area contributed by atoms with Crippen molar-refractivity contribution in [3.05, 3.63) is 59.2 Å². The number of para-hydroxylation sites is 1. The number of hydrogen-bond acceptors (Lipinski definition) is 5. The predicted octanol–water partition coefficient (Wildman–Crippen LogP) is 3.32. The average Bonchev–Trinajstić information content (AvgIpc) is 3.10. The van der Waals surface area contributed by atoms with Crippen LogP contribution in [0.3, 0.4) is 0 Å². The van der Waals surface area contributed by atoms with Crippen LogP contribution in [0.4, 0.5) is 5.13 Å². The van der Waals surface area contributed by atoms with Gasteiger partial charge in [0.05, 0.1) is 16.0 Å². The maximum Gasteiger partial charge on any atom is 0.244 e. The molecule has 0 fully saturated rings. The molecule has 0 radical (unpaired) electrons. The number of nitrogens with zero attached hydrogens (tertiary/aromatic N) is 2. The predicted molar refractivity (Wildman–Crippen MR) is 112 cm³/mol. The second kappa shape index (κ2) is 7.27. The van der Waals surface area contributed by atoms with Gasteiger partial charge in [0.1, 0.15) is 6.04 Å². The smallest absolute Gasteiger partial charge is 0.244 e. The zero-order valence-electron chi connectivity index (χ0n) is 15.7. The van der Waals surface area contributed by atoms with E-state index in [9.17, 15) is 13.2 Å². The number of sulfonamides is 1. The minimum atomic E-state index is -3.53. The van der Waals surface area contributed by atoms with Crippen molar-refractivity contribution in [2.75, 3.05) is 11.1 Å². The van der Waals surface area contributed by atoms with E-state index in [2.05, 4.69) is 10.3 Å². The summed E-state index contributed by atoms with van der Waals surface area (Å²) in [5.41, 5.74) is 3.84. The number of carbonyl (C=O) groups excluding carboxylic acids is 1. The van der Waals surface area contributed by atoms with Gasteiger partial charge < -0.3 is 5.32 Å². The van der Waals surface area contributed by atoms with Gasteiger partial charge in [-0.15, -0.1) is 0 Å². The Morgan fingerprint density at radius 2 is 1.96 bits per heavy atom. The minimum absolute atomic E-state index is 0.0424. The summed E-state index contributed by atoms with van der Waals surface area (Å²) >= 11 is 1.39. The molecular weight excluding hydrogens is 394 g/mol. The van der Waals surface area contributed by atoms with E-state index in [1.807, 2.05) is 49.4 Å². The molecule has 28 heavy (non-hydrogen) atoms. The fraction of sp³-hybridized carbons (Fsp3) is 0.300. The van der Waals surface area contributed by atoms with Crippen molar-refractivity contribution in [3.63, 3.8) is 0 Å². The van der Waals surface area contributed by atoms with Crippen LogP contribution in [-0.2, 0) is 27.8 Å². The van der Waals surface area contributed by atoms with E-state index in [0.717, 1.165) is 26.9 Å². The molecule has 1 aromatic heterocycles. The lowest BCUT2D eigenvalue weighted by Crippen LogP contribution is -2.51. The first-order valence-electron chi connectivity index (χ1n) is 9.12. The van der Waals surface area contributed by atoms with Crippen molar-refractivity contribution in [1.29, 1.82) is 0 Å². The Balaban J connectivity index is 1.66. The molecule has 0 spiro atoms. The minimum Gasteiger partial charge on any atom is -0.301 e. The highest BCUT2D eigenvalue weighted by Gasteiger charge is 2.38. The van der Waals surface area contributed by atoms with Crippen LogP contribution in [0.25, 0.3) is 10.2 Å². The molecule has 146 valence electrons. The second-order valence-corrected chi connectivity index (χ2v) is 10.1. The summed E-state index contributed by atoms with van der Waals surface area (Å²) in [4.78, 5) is 17.6. The van der Waals surface area contributed by atoms with Crippen LogP contribution in [0.5, 0.6) is 0 Å². The van der Waals surface area contributed by atoms with Gasteiger partial charge in [-0.1, -0.05) is 47.7 Å². The summed E-state index contributed by atoms with van der Waals surface area (Å²) < 4.78 is 27.6. The van der Waals surface area contributed by atoms with Crippen molar-refractivity contribution >= 4 is 42.6 Å². The van der Waals surface area contributed by atoms with E-state index in [0.29, 0.717) is 11.6 Å². The van der Waals surface area contributed by atoms with Crippen molar-refractivity contribution in [1.82, 2.24) is 9.29 Å². The van der Waals surface area contributed by atoms with E-state index >= 15 is 0 Å². The number of nitrogens with one attached hydrogen (secondary N) is 1. The van der Waals surface area contributed by atoms with Crippen LogP contribution < -0.4 is 5.32 Å². The van der Waals surface area contributed by atoms with Crippen molar-refractivity contribution in [3.8, 4) is 0 Å². The summed E-state index contributed by atoms with van der Waals surface area (Å²) in [6.07, 6.45) is 0.352. The van der Waals surface area contributed by atoms with Crippen LogP contribution in [0.1, 0.15) is 23.6 Å². The van der Waals surface area contributed by atoms with Crippen molar-refractivity contribution < 1.29 is 13.2 Å². The van der Waals surface area contributed by atoms with Gasteiger partial charge in [0, 0.05) is 6.54 Å². The third kappa shape index (κ3) is 3.43. The zero-order chi connectivity index (χ0) is 19.9. The molecule has 4 rings (SSSR count). The third-order valence-electron chi connectivity index (χ3n) is 5.08. The van der Waals surface area contributed by atoms with Crippen LogP contribution in [0.15, 0.2) is 42.5 Å². The van der Waals surface area contributed by atoms with E-state index < -0.39 is 16.1 Å². The number of aromatic nitrogens is 1. The first-order chi connectivity index (χ1) is 13.4. The monoisotopic (exact) mass is 415 g/mol. The number of anilines is 1. The van der Waals surface area contributed by atoms with Gasteiger partial charge in [-0.25, -0.2) is 13.4 Å². The first-order valence-corrected chi connectivity index (χ1v) is 11.5. The van der Waals surface area contributed by atoms with Crippen molar-refractivity contribution in [2.45, 2.75) is 32.9 Å². The first kappa shape index (κ1) is 19.0. The molecule has 1 N–H and O–H groups in total. The highest BCUT2D eigenvalue weighted by Crippen LogP contribution is 2.30. The fourth-order valence-electron chi connectivity index (χ4n) is 3.51. The largest absolute Gasteiger partial charge is 0.301 e. The molecule has 2 aromatic carbocycles. The van der Waals surface area contributed by atoms with Crippen LogP contribution in [-0.4, -0.2) is 35.4 Å². The van der Waals surface area contributed by atoms with Gasteiger partial charge in [-0.2, -0.15) is 4.31 Å². The van der Waals surface area contributed by atoms with E-state index in [1.54, 1.807) is 6.92 Å². The Morgan fingerprint density at radius 1 is 1.21 bits per heavy atom. The third-order valence-corrected chi connectivity index (χ3v) is 7.84. The van der Waals surface area contributed by atoms with Gasteiger partial charge in [0.2, 0.25) is 15.9 Å². The molecule has 1 aliphatic rings. The number of amides is 1. The average molecular weight is 416 g/mol. The molecule has 0 bridgehead atoms. The molecule has 0 unspecified atom stereocenters. The van der Waals surface area contributed by atoms with Gasteiger partial charge in [0.25, 0.3) is 0 Å². The highest BCUT2D eigenvalue weighted by atomic mass is 32.2. The SMILES string of the molecule is CCS(=O)(=O)N1Cc2ccccc2C[C@H]1C(=O)Nc1nc2c(C)cccc2s1. The lowest BCUT2D eigenvalue weighted by Gasteiger charge is -2.34. The number of carbonyl (C=O) groups is 1. The lowest BCUT2D eigenvalue weighted by molar-refractivity contribution is -0.120. The molecule has 1 atom stereocenters. The molecular formula is C20H21N3O3S2. The number of benzene rings is 2. The molecule has 1 aliphatic heterocycles. The lowest BCUT2D eigenvalue weighted by atomic mass is 9.95. The molecule has 6 nitrogen and oxygen atoms in total. The summed E-state index contributed by atoms with van der Waals surface area (Å²) in [6.45, 7) is 3.78. The number of fused-ring (bicyclic) bond motifs is 2. The van der Waals surface area contributed by atoms with Crippen LogP contribution in [0, 0.1) is 6.92 Å². The number of rotatable bonds is 4. The van der Waals surface area contributed by atoms with E-state index in [1.165, 1.54) is 15.6 Å². The Bertz CT molecular complexity index is 1150. The Kier molecular flexibility index (Phi) is 4.95. The molecule has 3 aromatic rings. The van der Waals surface area contributed by atoms with Crippen LogP contribution in [0.2, 0.25) is 0 Å². The summed E-state index contributed by atoms with van der Waals surface area (Å²) in [5.74, 6) is -0.387. The summed E-state index contributed by atoms with van der Waals surface area (Å²) in [6, 6.07) is 12.8. The van der Waals surface area contributed by atoms with Gasteiger partial charge in [0.15, 0.2) is 5.13 Å². The van der Waals surface area contributed by atoms with Crippen LogP contribution >= 0.6 is 11.3 Å². The maximum atomic E-state index is 13.1. The maximum absolute atomic E-state index is 13.1. The highest BCUT2D eigenvalue weighted by molar-refractivity contribution is 7.89. The van der Waals surface area contributed by atoms with Gasteiger partial charge in [-0.3, -0.25) is 4.79 Å². The fourth-order valence-corrected chi connectivity index (χ4v) is 5.68. The molecule has 8 heteroatoms. The Hall–Kier alpha value is -2.29. The normalized spacial score (nSPS) is 17.4. The summed E-state index contributed by atoms with van der Waals surface area (Å²) in [7, 11) is -3.53. The molecule has 2 heterocycles. The Labute approximate surface area is 168 Å².